The number of benzene rings is 3. The number of nitrogens with zero attached hydrogens (tertiary/aromatic N) is 1. The van der Waals surface area contributed by atoms with E-state index in [1.54, 1.807) is 12.1 Å². The molecule has 0 spiro atoms. The zero-order valence-electron chi connectivity index (χ0n) is 27.9. The molecule has 9 heteroatoms. The maximum atomic E-state index is 14.6. The quantitative estimate of drug-likeness (QED) is 0.115. The van der Waals surface area contributed by atoms with Crippen molar-refractivity contribution in [3.05, 3.63) is 81.4 Å². The van der Waals surface area contributed by atoms with Gasteiger partial charge in [-0.1, -0.05) is 56.6 Å². The van der Waals surface area contributed by atoms with Gasteiger partial charge < -0.3 is 19.4 Å². The summed E-state index contributed by atoms with van der Waals surface area (Å²) in [6.45, 7) is 12.1. The number of phenolic OH excluding ortho intramolecular Hbond substituents is 1. The van der Waals surface area contributed by atoms with Gasteiger partial charge in [-0.3, -0.25) is 19.3 Å². The Labute approximate surface area is 280 Å². The zero-order chi connectivity index (χ0) is 34.3. The lowest BCUT2D eigenvalue weighted by Gasteiger charge is -2.44. The lowest BCUT2D eigenvalue weighted by Crippen LogP contribution is -2.61. The second-order valence-electron chi connectivity index (χ2n) is 13.2. The van der Waals surface area contributed by atoms with Crippen molar-refractivity contribution in [1.29, 1.82) is 0 Å². The molecule has 4 aliphatic rings. The lowest BCUT2D eigenvalue weighted by atomic mass is 9.68. The summed E-state index contributed by atoms with van der Waals surface area (Å²) < 4.78 is 13.7. The van der Waals surface area contributed by atoms with E-state index in [1.807, 2.05) is 32.9 Å². The molecule has 0 unspecified atom stereocenters. The number of hydrogen-bond donors (Lipinski definition) is 2. The first-order chi connectivity index (χ1) is 22.9. The minimum atomic E-state index is -2.27. The smallest absolute Gasteiger partial charge is 0.215 e. The maximum Gasteiger partial charge on any atom is 0.215 e. The highest BCUT2D eigenvalue weighted by Gasteiger charge is 2.84. The molecule has 1 saturated heterocycles. The van der Waals surface area contributed by atoms with E-state index in [0.717, 1.165) is 40.0 Å². The summed E-state index contributed by atoms with van der Waals surface area (Å²) in [6.07, 6.45) is 1.48. The first-order valence-corrected chi connectivity index (χ1v) is 19.0. The van der Waals surface area contributed by atoms with Crippen LogP contribution in [0.15, 0.2) is 42.5 Å². The van der Waals surface area contributed by atoms with Gasteiger partial charge in [-0.05, 0) is 91.2 Å². The number of anilines is 1. The van der Waals surface area contributed by atoms with Crippen molar-refractivity contribution in [2.45, 2.75) is 89.1 Å². The van der Waals surface area contributed by atoms with E-state index in [2.05, 4.69) is 44.5 Å². The van der Waals surface area contributed by atoms with E-state index in [4.69, 9.17) is 9.16 Å². The van der Waals surface area contributed by atoms with Crippen molar-refractivity contribution in [2.24, 2.45) is 0 Å². The number of epoxide rings is 1. The minimum Gasteiger partial charge on any atom is -0.507 e. The van der Waals surface area contributed by atoms with Crippen LogP contribution >= 0.6 is 0 Å². The number of aliphatic hydroxyl groups excluding tert-OH is 1. The van der Waals surface area contributed by atoms with Crippen molar-refractivity contribution in [3.63, 3.8) is 0 Å². The lowest BCUT2D eigenvalue weighted by molar-refractivity contribution is -0.108. The fourth-order valence-electron chi connectivity index (χ4n) is 8.20. The third kappa shape index (κ3) is 4.06. The third-order valence-electron chi connectivity index (χ3n) is 11.2. The van der Waals surface area contributed by atoms with Crippen LogP contribution in [0.2, 0.25) is 18.1 Å². The average Bonchev–Trinajstić information content (AvgIpc) is 3.80. The number of aromatic hydroxyl groups is 1. The van der Waals surface area contributed by atoms with Crippen molar-refractivity contribution in [3.8, 4) is 29.4 Å². The van der Waals surface area contributed by atoms with E-state index < -0.39 is 55.1 Å². The molecule has 2 aliphatic carbocycles. The molecule has 0 saturated carbocycles. The molecule has 1 amide bonds. The number of amides is 1. The normalized spacial score (nSPS) is 26.1. The molecule has 0 radical (unpaired) electrons. The Balaban J connectivity index is 1.52. The largest absolute Gasteiger partial charge is 0.507 e. The van der Waals surface area contributed by atoms with Gasteiger partial charge in [0.15, 0.2) is 37.2 Å². The number of aliphatic hydroxyl groups is 1. The highest BCUT2D eigenvalue weighted by Crippen LogP contribution is 2.69. The number of rotatable bonds is 7. The first-order valence-electron chi connectivity index (χ1n) is 16.5. The zero-order valence-corrected chi connectivity index (χ0v) is 28.9. The van der Waals surface area contributed by atoms with Gasteiger partial charge in [-0.25, -0.2) is 0 Å². The van der Waals surface area contributed by atoms with Gasteiger partial charge in [0.05, 0.1) is 22.9 Å². The molecule has 7 rings (SSSR count). The SMILES string of the molecule is CC[Si](CC)(CC)O[C@H](C)[C@@]12O[C@]13c1cc(O)c4c(c1N(C=O)[C@H]2C#C/C=C\C#C[C@H]3O)C(=O)c1cc2cc(C)c(C)cc2cc1C4=O. The van der Waals surface area contributed by atoms with Crippen LogP contribution in [0.25, 0.3) is 10.8 Å². The molecule has 5 atom stereocenters. The Morgan fingerprint density at radius 2 is 1.50 bits per heavy atom. The van der Waals surface area contributed by atoms with Crippen LogP contribution in [0.5, 0.6) is 5.75 Å². The third-order valence-corrected chi connectivity index (χ3v) is 15.9. The van der Waals surface area contributed by atoms with Crippen LogP contribution in [0.1, 0.15) is 76.2 Å². The van der Waals surface area contributed by atoms with Gasteiger partial charge in [-0.2, -0.15) is 0 Å². The molecule has 244 valence electrons. The predicted octanol–water partition coefficient (Wildman–Crippen LogP) is 5.59. The van der Waals surface area contributed by atoms with Crippen LogP contribution in [0.3, 0.4) is 0 Å². The van der Waals surface area contributed by atoms with Crippen molar-refractivity contribution in [2.75, 3.05) is 4.90 Å². The van der Waals surface area contributed by atoms with Gasteiger partial charge in [0.1, 0.15) is 11.8 Å². The minimum absolute atomic E-state index is 0.0667. The van der Waals surface area contributed by atoms with Crippen molar-refractivity contribution >= 4 is 42.8 Å². The number of fused-ring (bicyclic) bond motifs is 5. The number of hydrogen-bond acceptors (Lipinski definition) is 7. The van der Waals surface area contributed by atoms with Gasteiger partial charge in [0, 0.05) is 16.7 Å². The molecule has 3 aromatic carbocycles. The molecule has 3 aromatic rings. The van der Waals surface area contributed by atoms with E-state index in [9.17, 15) is 24.6 Å². The number of ether oxygens (including phenoxy) is 1. The molecule has 2 N–H and O–H groups in total. The molecule has 2 heterocycles. The van der Waals surface area contributed by atoms with Crippen molar-refractivity contribution in [1.82, 2.24) is 0 Å². The summed E-state index contributed by atoms with van der Waals surface area (Å²) in [6, 6.07) is 10.2. The van der Waals surface area contributed by atoms with Crippen molar-refractivity contribution < 1.29 is 33.8 Å². The Morgan fingerprint density at radius 3 is 2.06 bits per heavy atom. The standard InChI is InChI=1S/C39H37NO7Si/c1-7-48(8-2,9-3)46-24(6)38-31-14-12-10-11-13-15-32(43)39(38,47-38)29-20-30(42)33-34(35(29)40(31)21-41)37(45)28-19-26-17-23(5)22(4)16-25(26)18-27(28)36(33)44/h10-11,16-21,24,31-32,42-43H,7-9H2,1-6H3/b11-10-/t24-,31+,32-,38+,39+/m1/s1. The molecular formula is C39H37NO7Si. The predicted molar refractivity (Wildman–Crippen MR) is 185 cm³/mol. The fourth-order valence-corrected chi connectivity index (χ4v) is 11.1. The number of ketones is 2. The molecular weight excluding hydrogens is 623 g/mol. The van der Waals surface area contributed by atoms with Crippen LogP contribution in [-0.2, 0) is 19.6 Å². The highest BCUT2D eigenvalue weighted by atomic mass is 28.4. The summed E-state index contributed by atoms with van der Waals surface area (Å²) in [5, 5.41) is 25.1. The summed E-state index contributed by atoms with van der Waals surface area (Å²) in [5.41, 5.74) is -0.721. The second kappa shape index (κ2) is 11.0. The van der Waals surface area contributed by atoms with Gasteiger partial charge >= 0.3 is 0 Å². The number of aryl methyl sites for hydroxylation is 2. The van der Waals surface area contributed by atoms with E-state index >= 15 is 0 Å². The van der Waals surface area contributed by atoms with E-state index in [-0.39, 0.29) is 33.5 Å². The van der Waals surface area contributed by atoms with Gasteiger partial charge in [-0.15, -0.1) is 0 Å². The van der Waals surface area contributed by atoms with Gasteiger partial charge in [0.2, 0.25) is 6.41 Å². The summed E-state index contributed by atoms with van der Waals surface area (Å²) >= 11 is 0. The molecule has 48 heavy (non-hydrogen) atoms. The van der Waals surface area contributed by atoms with Crippen LogP contribution in [-0.4, -0.2) is 60.4 Å². The number of carbonyl (C=O) groups excluding carboxylic acids is 3. The number of allylic oxidation sites excluding steroid dienone is 2. The molecule has 0 aromatic heterocycles. The van der Waals surface area contributed by atoms with E-state index in [1.165, 1.54) is 23.1 Å². The Hall–Kier alpha value is -4.51. The van der Waals surface area contributed by atoms with E-state index in [0.29, 0.717) is 6.41 Å². The molecule has 1 fully saturated rings. The number of phenols is 1. The number of carbonyl (C=O) groups is 3. The first kappa shape index (κ1) is 32.1. The highest BCUT2D eigenvalue weighted by molar-refractivity contribution is 6.73. The van der Waals surface area contributed by atoms with Crippen LogP contribution in [0.4, 0.5) is 5.69 Å². The molecule has 8 nitrogen and oxygen atoms in total. The monoisotopic (exact) mass is 659 g/mol. The van der Waals surface area contributed by atoms with Gasteiger partial charge in [0.25, 0.3) is 0 Å². The fraction of sp³-hybridized carbons (Fsp3) is 0.359. The summed E-state index contributed by atoms with van der Waals surface area (Å²) in [4.78, 5) is 43.5. The average molecular weight is 660 g/mol. The summed E-state index contributed by atoms with van der Waals surface area (Å²) in [7, 11) is -2.27. The van der Waals surface area contributed by atoms with Crippen LogP contribution < -0.4 is 4.90 Å². The second-order valence-corrected chi connectivity index (χ2v) is 18.0. The Bertz CT molecular complexity index is 2120. The maximum absolute atomic E-state index is 14.6. The topological polar surface area (TPSA) is 117 Å². The summed E-state index contributed by atoms with van der Waals surface area (Å²) in [5.74, 6) is 10.3. The Morgan fingerprint density at radius 1 is 0.938 bits per heavy atom. The van der Waals surface area contributed by atoms with Crippen LogP contribution in [0, 0.1) is 37.5 Å². The molecule has 2 aliphatic heterocycles. The Kier molecular flexibility index (Phi) is 7.35. The molecule has 2 bridgehead atoms.